The van der Waals surface area contributed by atoms with Crippen LogP contribution >= 0.6 is 28.7 Å². The van der Waals surface area contributed by atoms with Crippen molar-refractivity contribution in [2.45, 2.75) is 19.0 Å². The molecule has 5 heteroatoms. The zero-order chi connectivity index (χ0) is 14.8. The van der Waals surface area contributed by atoms with Gasteiger partial charge in [0.25, 0.3) is 0 Å². The number of hydrogen-bond acceptors (Lipinski definition) is 3. The van der Waals surface area contributed by atoms with E-state index in [1.165, 1.54) is 22.9 Å². The van der Waals surface area contributed by atoms with E-state index in [1.807, 2.05) is 30.3 Å². The van der Waals surface area contributed by atoms with Gasteiger partial charge in [-0.15, -0.1) is 17.0 Å². The molecule has 1 N–H and O–H groups in total. The Morgan fingerprint density at radius 1 is 1.14 bits per heavy atom. The number of H-pyrrole nitrogens is 1. The topological polar surface area (TPSA) is 45.8 Å². The van der Waals surface area contributed by atoms with Crippen molar-refractivity contribution in [3.05, 3.63) is 59.2 Å². The Morgan fingerprint density at radius 3 is 2.55 bits per heavy atom. The summed E-state index contributed by atoms with van der Waals surface area (Å²) in [5.41, 5.74) is 5.18. The smallest absolute Gasteiger partial charge is 0.173 e. The van der Waals surface area contributed by atoms with Gasteiger partial charge in [-0.25, -0.2) is 4.98 Å². The van der Waals surface area contributed by atoms with E-state index in [-0.39, 0.29) is 22.8 Å². The fourth-order valence-corrected chi connectivity index (χ4v) is 2.94. The molecule has 0 saturated heterocycles. The van der Waals surface area contributed by atoms with Crippen LogP contribution in [0.3, 0.4) is 0 Å². The van der Waals surface area contributed by atoms with Gasteiger partial charge in [-0.3, -0.25) is 4.79 Å². The second-order valence-electron chi connectivity index (χ2n) is 5.07. The van der Waals surface area contributed by atoms with Crippen molar-refractivity contribution in [3.8, 4) is 0 Å². The normalized spacial score (nSPS) is 10.5. The lowest BCUT2D eigenvalue weighted by atomic mass is 10.1. The van der Waals surface area contributed by atoms with E-state index in [0.717, 1.165) is 21.8 Å². The van der Waals surface area contributed by atoms with Crippen molar-refractivity contribution < 1.29 is 4.79 Å². The fourth-order valence-electron chi connectivity index (χ4n) is 2.16. The number of nitrogens with zero attached hydrogens (tertiary/aromatic N) is 1. The van der Waals surface area contributed by atoms with Crippen LogP contribution in [0.2, 0.25) is 0 Å². The predicted octanol–water partition coefficient (Wildman–Crippen LogP) is 4.73. The molecule has 3 nitrogen and oxygen atoms in total. The first-order valence-corrected chi connectivity index (χ1v) is 7.80. The number of Topliss-reactive ketones (excluding diaryl/α,β-unsaturated/α-hetero) is 1. The number of rotatable bonds is 4. The van der Waals surface area contributed by atoms with E-state index >= 15 is 0 Å². The van der Waals surface area contributed by atoms with E-state index in [0.29, 0.717) is 5.75 Å². The molecule has 0 aliphatic rings. The molecule has 3 aromatic rings. The average molecular weight is 377 g/mol. The minimum Gasteiger partial charge on any atom is -0.333 e. The van der Waals surface area contributed by atoms with Gasteiger partial charge in [0.15, 0.2) is 10.9 Å². The van der Waals surface area contributed by atoms with Gasteiger partial charge < -0.3 is 4.98 Å². The summed E-state index contributed by atoms with van der Waals surface area (Å²) in [6, 6.07) is 13.5. The molecule has 0 aliphatic heterocycles. The number of benzene rings is 2. The van der Waals surface area contributed by atoms with Crippen LogP contribution in [0.25, 0.3) is 11.0 Å². The van der Waals surface area contributed by atoms with Crippen LogP contribution in [0.15, 0.2) is 47.6 Å². The molecule has 0 saturated carbocycles. The maximum Gasteiger partial charge on any atom is 0.173 e. The number of nitrogens with one attached hydrogen (secondary N) is 1. The molecular formula is C17H17BrN2OS. The zero-order valence-electron chi connectivity index (χ0n) is 12.4. The number of carbonyl (C=O) groups is 1. The average Bonchev–Trinajstić information content (AvgIpc) is 2.88. The number of fused-ring (bicyclic) bond motifs is 1. The second kappa shape index (κ2) is 7.11. The number of aryl methyl sites for hydroxylation is 2. The molecule has 1 heterocycles. The number of aromatic amines is 1. The lowest BCUT2D eigenvalue weighted by molar-refractivity contribution is 0.102. The van der Waals surface area contributed by atoms with Gasteiger partial charge in [-0.05, 0) is 37.1 Å². The van der Waals surface area contributed by atoms with Crippen molar-refractivity contribution in [2.75, 3.05) is 5.75 Å². The molecule has 0 bridgehead atoms. The predicted molar refractivity (Wildman–Crippen MR) is 97.4 cm³/mol. The van der Waals surface area contributed by atoms with Gasteiger partial charge in [-0.2, -0.15) is 0 Å². The highest BCUT2D eigenvalue weighted by atomic mass is 79.9. The molecule has 0 aliphatic carbocycles. The molecule has 0 spiro atoms. The highest BCUT2D eigenvalue weighted by Crippen LogP contribution is 2.22. The Morgan fingerprint density at radius 2 is 1.82 bits per heavy atom. The largest absolute Gasteiger partial charge is 0.333 e. The van der Waals surface area contributed by atoms with Gasteiger partial charge >= 0.3 is 0 Å². The molecule has 0 radical (unpaired) electrons. The third-order valence-electron chi connectivity index (χ3n) is 3.51. The number of thioether (sulfide) groups is 1. The zero-order valence-corrected chi connectivity index (χ0v) is 15.0. The van der Waals surface area contributed by atoms with E-state index < -0.39 is 0 Å². The molecule has 114 valence electrons. The third kappa shape index (κ3) is 3.59. The second-order valence-corrected chi connectivity index (χ2v) is 6.04. The Kier molecular flexibility index (Phi) is 5.42. The number of hydrogen-bond donors (Lipinski definition) is 1. The number of imidazole rings is 1. The summed E-state index contributed by atoms with van der Waals surface area (Å²) in [6.45, 7) is 4.16. The highest BCUT2D eigenvalue weighted by Gasteiger charge is 2.09. The van der Waals surface area contributed by atoms with E-state index in [1.54, 1.807) is 0 Å². The fraction of sp³-hybridized carbons (Fsp3) is 0.176. The Bertz CT molecular complexity index is 760. The van der Waals surface area contributed by atoms with Gasteiger partial charge in [0.1, 0.15) is 0 Å². The number of halogens is 1. The van der Waals surface area contributed by atoms with E-state index in [4.69, 9.17) is 0 Å². The molecule has 1 aromatic heterocycles. The molecule has 3 rings (SSSR count). The summed E-state index contributed by atoms with van der Waals surface area (Å²) in [5, 5.41) is 0.791. The molecule has 2 aromatic carbocycles. The van der Waals surface area contributed by atoms with Crippen molar-refractivity contribution in [1.29, 1.82) is 0 Å². The summed E-state index contributed by atoms with van der Waals surface area (Å²) in [7, 11) is 0. The van der Waals surface area contributed by atoms with Crippen LogP contribution in [0, 0.1) is 13.8 Å². The molecule has 0 atom stereocenters. The molecular weight excluding hydrogens is 360 g/mol. The van der Waals surface area contributed by atoms with Crippen LogP contribution in [-0.2, 0) is 0 Å². The Labute approximate surface area is 144 Å². The maximum absolute atomic E-state index is 12.1. The number of ketones is 1. The minimum absolute atomic E-state index is 0. The van der Waals surface area contributed by atoms with Crippen LogP contribution in [0.5, 0.6) is 0 Å². The quantitative estimate of drug-likeness (QED) is 0.528. The van der Waals surface area contributed by atoms with Gasteiger partial charge in [0.05, 0.1) is 16.8 Å². The van der Waals surface area contributed by atoms with Crippen LogP contribution in [0.1, 0.15) is 21.5 Å². The van der Waals surface area contributed by atoms with Crippen molar-refractivity contribution in [2.24, 2.45) is 0 Å². The summed E-state index contributed by atoms with van der Waals surface area (Å²) < 4.78 is 0. The van der Waals surface area contributed by atoms with Crippen molar-refractivity contribution in [1.82, 2.24) is 9.97 Å². The molecule has 22 heavy (non-hydrogen) atoms. The first-order chi connectivity index (χ1) is 10.1. The standard InChI is InChI=1S/C17H16N2OS.BrH/c1-11-8-14-15(9-12(11)2)19-17(18-14)21-10-16(20)13-6-4-3-5-7-13;/h3-9H,10H2,1-2H3,(H,18,19);1H. The third-order valence-corrected chi connectivity index (χ3v) is 4.38. The number of aromatic nitrogens is 2. The lowest BCUT2D eigenvalue weighted by Crippen LogP contribution is -2.01. The van der Waals surface area contributed by atoms with Crippen LogP contribution in [-0.4, -0.2) is 21.5 Å². The first-order valence-electron chi connectivity index (χ1n) is 6.81. The summed E-state index contributed by atoms with van der Waals surface area (Å²) >= 11 is 1.44. The monoisotopic (exact) mass is 376 g/mol. The van der Waals surface area contributed by atoms with Crippen molar-refractivity contribution >= 4 is 45.6 Å². The van der Waals surface area contributed by atoms with Gasteiger partial charge in [-0.1, -0.05) is 42.1 Å². The van der Waals surface area contributed by atoms with Crippen molar-refractivity contribution in [3.63, 3.8) is 0 Å². The maximum atomic E-state index is 12.1. The SMILES string of the molecule is Br.Cc1cc2nc(SCC(=O)c3ccccc3)[nH]c2cc1C. The Hall–Kier alpha value is -1.59. The number of carbonyl (C=O) groups excluding carboxylic acids is 1. The van der Waals surface area contributed by atoms with E-state index in [2.05, 4.69) is 35.9 Å². The lowest BCUT2D eigenvalue weighted by Gasteiger charge is -1.98. The van der Waals surface area contributed by atoms with Crippen LogP contribution in [0.4, 0.5) is 0 Å². The minimum atomic E-state index is 0. The van der Waals surface area contributed by atoms with E-state index in [9.17, 15) is 4.79 Å². The molecule has 0 amide bonds. The highest BCUT2D eigenvalue weighted by molar-refractivity contribution is 8.93. The van der Waals surface area contributed by atoms with Gasteiger partial charge in [0.2, 0.25) is 0 Å². The van der Waals surface area contributed by atoms with Gasteiger partial charge in [0, 0.05) is 5.56 Å². The summed E-state index contributed by atoms with van der Waals surface area (Å²) in [4.78, 5) is 19.9. The first kappa shape index (κ1) is 16.8. The molecule has 0 unspecified atom stereocenters. The summed E-state index contributed by atoms with van der Waals surface area (Å²) in [6.07, 6.45) is 0. The van der Waals surface area contributed by atoms with Crippen LogP contribution < -0.4 is 0 Å². The summed E-state index contributed by atoms with van der Waals surface area (Å²) in [5.74, 6) is 0.510. The Balaban J connectivity index is 0.00000176. The molecule has 0 fully saturated rings.